The Bertz CT molecular complexity index is 607. The van der Waals surface area contributed by atoms with Crippen LogP contribution >= 0.6 is 0 Å². The Morgan fingerprint density at radius 3 is 0.750 bits per heavy atom. The second kappa shape index (κ2) is 16.2. The van der Waals surface area contributed by atoms with Crippen LogP contribution in [0.2, 0.25) is 0 Å². The molecule has 0 spiro atoms. The summed E-state index contributed by atoms with van der Waals surface area (Å²) in [5.41, 5.74) is 0. The van der Waals surface area contributed by atoms with Gasteiger partial charge in [0.2, 0.25) is 0 Å². The molecule has 6 unspecified atom stereocenters. The molecule has 0 amide bonds. The maximum absolute atomic E-state index is 3.52. The van der Waals surface area contributed by atoms with Gasteiger partial charge in [0.15, 0.2) is 0 Å². The van der Waals surface area contributed by atoms with Crippen LogP contribution in [0.5, 0.6) is 0 Å². The molecule has 0 aromatic heterocycles. The van der Waals surface area contributed by atoms with Crippen LogP contribution in [-0.4, -0.2) is 99.4 Å². The number of nitrogens with zero attached hydrogens (tertiary/aromatic N) is 2. The standard InChI is InChI=1S/2C7H13N.4C6H11N/c1-4-8-5-2-7(1)3-6-8;1-3-7-4-2-6(1)5-8-7;1-3-7-4-2-6(1)5-7;3*1-2-6-3-5(1)4-7-6/h7H,1-6H2;6-8H,1-5H2;6H,1-5H2;3*5-7H,1-4H2. The summed E-state index contributed by atoms with van der Waals surface area (Å²) in [7, 11) is 0. The molecule has 6 nitrogen and oxygen atoms in total. The summed E-state index contributed by atoms with van der Waals surface area (Å²) < 4.78 is 0. The zero-order valence-corrected chi connectivity index (χ0v) is 28.5. The summed E-state index contributed by atoms with van der Waals surface area (Å²) in [6.07, 6.45) is 26.6. The van der Waals surface area contributed by atoms with E-state index in [-0.39, 0.29) is 0 Å². The highest BCUT2D eigenvalue weighted by atomic mass is 15.2. The zero-order valence-electron chi connectivity index (χ0n) is 28.5. The van der Waals surface area contributed by atoms with E-state index in [4.69, 9.17) is 0 Å². The van der Waals surface area contributed by atoms with E-state index in [9.17, 15) is 0 Å². The summed E-state index contributed by atoms with van der Waals surface area (Å²) in [5.74, 6) is 6.43. The molecular weight excluding hydrogens is 540 g/mol. The van der Waals surface area contributed by atoms with Crippen molar-refractivity contribution in [2.24, 2.45) is 35.5 Å². The first-order chi connectivity index (χ1) is 21.7. The Morgan fingerprint density at radius 2 is 0.659 bits per heavy atom. The van der Waals surface area contributed by atoms with Crippen molar-refractivity contribution in [3.63, 3.8) is 0 Å². The number of rotatable bonds is 0. The molecule has 6 heteroatoms. The van der Waals surface area contributed by atoms with Crippen molar-refractivity contribution in [1.29, 1.82) is 0 Å². The van der Waals surface area contributed by atoms with Gasteiger partial charge in [-0.3, -0.25) is 0 Å². The quantitative estimate of drug-likeness (QED) is 0.301. The molecule has 6 atom stereocenters. The van der Waals surface area contributed by atoms with Crippen LogP contribution in [0.4, 0.5) is 0 Å². The molecule has 4 N–H and O–H groups in total. The fourth-order valence-corrected chi connectivity index (χ4v) is 10.8. The van der Waals surface area contributed by atoms with Crippen molar-refractivity contribution in [3.05, 3.63) is 0 Å². The van der Waals surface area contributed by atoms with Crippen LogP contribution in [0.25, 0.3) is 0 Å². The van der Waals surface area contributed by atoms with Crippen LogP contribution in [0, 0.1) is 35.5 Å². The van der Waals surface area contributed by atoms with E-state index in [1.54, 1.807) is 0 Å². The van der Waals surface area contributed by atoms with E-state index in [1.165, 1.54) is 181 Å². The fourth-order valence-electron chi connectivity index (χ4n) is 10.8. The van der Waals surface area contributed by atoms with Gasteiger partial charge in [0.25, 0.3) is 0 Å². The molecule has 14 rings (SSSR count). The molecule has 10 aliphatic heterocycles. The highest BCUT2D eigenvalue weighted by Crippen LogP contribution is 2.32. The monoisotopic (exact) mass is 611 g/mol. The van der Waals surface area contributed by atoms with Gasteiger partial charge in [-0.1, -0.05) is 0 Å². The molecule has 14 aliphatic rings. The highest BCUT2D eigenvalue weighted by Gasteiger charge is 2.32. The van der Waals surface area contributed by atoms with Gasteiger partial charge >= 0.3 is 0 Å². The van der Waals surface area contributed by atoms with E-state index in [1.807, 2.05) is 0 Å². The maximum atomic E-state index is 3.52. The predicted octanol–water partition coefficient (Wildman–Crippen LogP) is 5.24. The Morgan fingerprint density at radius 1 is 0.295 bits per heavy atom. The van der Waals surface area contributed by atoms with E-state index in [0.717, 1.165) is 59.7 Å². The van der Waals surface area contributed by atoms with Crippen molar-refractivity contribution in [3.8, 4) is 0 Å². The molecule has 4 saturated carbocycles. The number of hydrogen-bond donors (Lipinski definition) is 4. The number of piperidine rings is 9. The predicted molar refractivity (Wildman–Crippen MR) is 184 cm³/mol. The average Bonchev–Trinajstić information content (AvgIpc) is 3.99. The summed E-state index contributed by atoms with van der Waals surface area (Å²) in [6.45, 7) is 13.6. The third-order valence-corrected chi connectivity index (χ3v) is 14.0. The third kappa shape index (κ3) is 9.43. The van der Waals surface area contributed by atoms with Crippen LogP contribution in [0.1, 0.15) is 116 Å². The van der Waals surface area contributed by atoms with Gasteiger partial charge in [-0.05, 0) is 210 Å². The lowest BCUT2D eigenvalue weighted by Gasteiger charge is -2.38. The normalized spacial score (nSPS) is 46.9. The summed E-state index contributed by atoms with van der Waals surface area (Å²) >= 11 is 0. The first-order valence-corrected chi connectivity index (χ1v) is 20.1. The fraction of sp³-hybridized carbons (Fsp3) is 1.00. The molecule has 0 aromatic rings. The molecule has 0 aromatic carbocycles. The SMILES string of the molecule is C1CC2CC1CN2.C1CC2CC1CN2.C1CC2CC1CN2.C1CC2CCC1CN2.C1CN2CCC1C2.C1CN2CCC1CC2. The Kier molecular flexibility index (Phi) is 11.9. The van der Waals surface area contributed by atoms with Gasteiger partial charge in [0, 0.05) is 30.7 Å². The lowest BCUT2D eigenvalue weighted by molar-refractivity contribution is 0.111. The first-order valence-electron chi connectivity index (χ1n) is 20.1. The minimum Gasteiger partial charge on any atom is -0.314 e. The molecule has 14 fully saturated rings. The summed E-state index contributed by atoms with van der Waals surface area (Å²) in [6, 6.07) is 3.67. The van der Waals surface area contributed by atoms with E-state index in [2.05, 4.69) is 31.1 Å². The minimum absolute atomic E-state index is 0.903. The van der Waals surface area contributed by atoms with Crippen molar-refractivity contribution in [2.45, 2.75) is 140 Å². The van der Waals surface area contributed by atoms with Gasteiger partial charge in [-0.2, -0.15) is 0 Å². The molecule has 10 saturated heterocycles. The second-order valence-corrected chi connectivity index (χ2v) is 17.3. The van der Waals surface area contributed by atoms with Gasteiger partial charge < -0.3 is 31.1 Å². The molecular formula is C38H70N6. The average molecular weight is 611 g/mol. The van der Waals surface area contributed by atoms with E-state index in [0.29, 0.717) is 0 Å². The van der Waals surface area contributed by atoms with Crippen LogP contribution in [0.3, 0.4) is 0 Å². The Hall–Kier alpha value is -0.240. The first kappa shape index (κ1) is 32.3. The smallest absolute Gasteiger partial charge is 0.00704 e. The summed E-state index contributed by atoms with van der Waals surface area (Å²) in [4.78, 5) is 5.14. The molecule has 4 aliphatic carbocycles. The Labute approximate surface area is 271 Å². The lowest BCUT2D eigenvalue weighted by atomic mass is 9.82. The maximum Gasteiger partial charge on any atom is 0.00704 e. The third-order valence-electron chi connectivity index (χ3n) is 14.0. The molecule has 44 heavy (non-hydrogen) atoms. The van der Waals surface area contributed by atoms with Crippen molar-refractivity contribution < 1.29 is 0 Å². The second-order valence-electron chi connectivity index (χ2n) is 17.3. The van der Waals surface area contributed by atoms with E-state index >= 15 is 0 Å². The van der Waals surface area contributed by atoms with E-state index < -0.39 is 0 Å². The van der Waals surface area contributed by atoms with Gasteiger partial charge in [-0.15, -0.1) is 0 Å². The van der Waals surface area contributed by atoms with Crippen LogP contribution < -0.4 is 21.3 Å². The van der Waals surface area contributed by atoms with Gasteiger partial charge in [0.05, 0.1) is 0 Å². The molecule has 10 heterocycles. The minimum atomic E-state index is 0.903. The van der Waals surface area contributed by atoms with Crippen molar-refractivity contribution >= 4 is 0 Å². The Balaban J connectivity index is 0.0000000853. The number of hydrogen-bond acceptors (Lipinski definition) is 6. The van der Waals surface area contributed by atoms with Crippen molar-refractivity contribution in [1.82, 2.24) is 31.1 Å². The summed E-state index contributed by atoms with van der Waals surface area (Å²) in [5, 5.41) is 13.9. The molecule has 252 valence electrons. The largest absolute Gasteiger partial charge is 0.314 e. The molecule has 12 bridgehead atoms. The number of fused-ring (bicyclic) bond motifs is 14. The van der Waals surface area contributed by atoms with Gasteiger partial charge in [-0.25, -0.2) is 0 Å². The zero-order chi connectivity index (χ0) is 29.6. The van der Waals surface area contributed by atoms with Crippen molar-refractivity contribution in [2.75, 3.05) is 65.4 Å². The van der Waals surface area contributed by atoms with Crippen LogP contribution in [0.15, 0.2) is 0 Å². The molecule has 0 radical (unpaired) electrons. The highest BCUT2D eigenvalue weighted by molar-refractivity contribution is 4.90. The lowest BCUT2D eigenvalue weighted by Crippen LogP contribution is -2.44. The topological polar surface area (TPSA) is 54.6 Å². The van der Waals surface area contributed by atoms with Gasteiger partial charge in [0.1, 0.15) is 0 Å². The number of nitrogens with one attached hydrogen (secondary N) is 4. The van der Waals surface area contributed by atoms with Crippen LogP contribution in [-0.2, 0) is 0 Å².